The van der Waals surface area contributed by atoms with Crippen LogP contribution in [-0.4, -0.2) is 52.7 Å². The van der Waals surface area contributed by atoms with Gasteiger partial charge in [-0.1, -0.05) is 6.07 Å². The molecule has 128 valence electrons. The van der Waals surface area contributed by atoms with Gasteiger partial charge in [0.25, 0.3) is 5.91 Å². The van der Waals surface area contributed by atoms with E-state index in [1.165, 1.54) is 0 Å². The summed E-state index contributed by atoms with van der Waals surface area (Å²) in [5.74, 6) is 0.757. The van der Waals surface area contributed by atoms with E-state index in [-0.39, 0.29) is 5.91 Å². The lowest BCUT2D eigenvalue weighted by Gasteiger charge is -2.22. The Bertz CT molecular complexity index is 694. The second kappa shape index (κ2) is 7.44. The van der Waals surface area contributed by atoms with Gasteiger partial charge in [0.2, 0.25) is 0 Å². The molecule has 0 spiro atoms. The number of carbonyl (C=O) groups is 1. The van der Waals surface area contributed by atoms with E-state index in [1.54, 1.807) is 0 Å². The van der Waals surface area contributed by atoms with Gasteiger partial charge in [-0.3, -0.25) is 9.89 Å². The van der Waals surface area contributed by atoms with Crippen LogP contribution in [0.5, 0.6) is 0 Å². The Morgan fingerprint density at radius 2 is 2.25 bits per heavy atom. The van der Waals surface area contributed by atoms with Crippen molar-refractivity contribution in [3.8, 4) is 0 Å². The van der Waals surface area contributed by atoms with E-state index in [2.05, 4.69) is 37.8 Å². The van der Waals surface area contributed by atoms with Crippen molar-refractivity contribution in [2.75, 3.05) is 32.0 Å². The molecule has 7 nitrogen and oxygen atoms in total. The number of H-pyrrole nitrogens is 1. The maximum Gasteiger partial charge on any atom is 0.272 e. The van der Waals surface area contributed by atoms with E-state index in [0.717, 1.165) is 55.1 Å². The average molecular weight is 328 g/mol. The number of aromatic amines is 1. The monoisotopic (exact) mass is 328 g/mol. The van der Waals surface area contributed by atoms with Crippen molar-refractivity contribution in [1.29, 1.82) is 0 Å². The van der Waals surface area contributed by atoms with Gasteiger partial charge in [-0.2, -0.15) is 5.10 Å². The summed E-state index contributed by atoms with van der Waals surface area (Å²) in [4.78, 5) is 18.8. The number of likely N-dealkylation sites (N-methyl/N-ethyl adjacent to an activating group) is 1. The molecule has 0 unspecified atom stereocenters. The van der Waals surface area contributed by atoms with Gasteiger partial charge < -0.3 is 15.5 Å². The SMILES string of the molecule is Cc1ccc(NCCCNC(=O)c2n[nH]c3c2CN(C)CC3)nc1. The molecule has 0 aliphatic carbocycles. The minimum absolute atomic E-state index is 0.101. The number of rotatable bonds is 6. The van der Waals surface area contributed by atoms with Gasteiger partial charge in [0.1, 0.15) is 5.82 Å². The molecular formula is C17H24N6O. The standard InChI is InChI=1S/C17H24N6O/c1-12-4-5-15(20-10-12)18-7-3-8-19-17(24)16-13-11-23(2)9-6-14(13)21-22-16/h4-5,10H,3,6-9,11H2,1-2H3,(H,18,20)(H,19,24)(H,21,22). The zero-order chi connectivity index (χ0) is 16.9. The number of anilines is 1. The van der Waals surface area contributed by atoms with Crippen LogP contribution in [0.4, 0.5) is 5.82 Å². The number of nitrogens with zero attached hydrogens (tertiary/aromatic N) is 3. The fourth-order valence-electron chi connectivity index (χ4n) is 2.78. The fraction of sp³-hybridized carbons (Fsp3) is 0.471. The van der Waals surface area contributed by atoms with Gasteiger partial charge in [0, 0.05) is 50.1 Å². The van der Waals surface area contributed by atoms with Gasteiger partial charge in [-0.25, -0.2) is 4.98 Å². The molecule has 0 saturated carbocycles. The third-order valence-corrected chi connectivity index (χ3v) is 4.20. The van der Waals surface area contributed by atoms with Crippen molar-refractivity contribution in [2.24, 2.45) is 0 Å². The Morgan fingerprint density at radius 3 is 3.04 bits per heavy atom. The molecule has 1 aliphatic heterocycles. The first-order valence-electron chi connectivity index (χ1n) is 8.33. The van der Waals surface area contributed by atoms with Gasteiger partial charge in [-0.05, 0) is 32.0 Å². The Hall–Kier alpha value is -2.41. The number of hydrogen-bond acceptors (Lipinski definition) is 5. The van der Waals surface area contributed by atoms with E-state index < -0.39 is 0 Å². The molecule has 3 N–H and O–H groups in total. The smallest absolute Gasteiger partial charge is 0.272 e. The summed E-state index contributed by atoms with van der Waals surface area (Å²) in [6, 6.07) is 3.98. The summed E-state index contributed by atoms with van der Waals surface area (Å²) < 4.78 is 0. The predicted octanol–water partition coefficient (Wildman–Crippen LogP) is 1.33. The highest BCUT2D eigenvalue weighted by atomic mass is 16.1. The summed E-state index contributed by atoms with van der Waals surface area (Å²) in [6.45, 7) is 5.15. The molecule has 1 amide bonds. The number of nitrogens with one attached hydrogen (secondary N) is 3. The van der Waals surface area contributed by atoms with Crippen LogP contribution in [0.2, 0.25) is 0 Å². The molecule has 2 aromatic heterocycles. The number of fused-ring (bicyclic) bond motifs is 1. The molecule has 0 saturated heterocycles. The fourth-order valence-corrected chi connectivity index (χ4v) is 2.78. The third kappa shape index (κ3) is 3.91. The largest absolute Gasteiger partial charge is 0.370 e. The highest BCUT2D eigenvalue weighted by Gasteiger charge is 2.23. The molecule has 24 heavy (non-hydrogen) atoms. The second-order valence-corrected chi connectivity index (χ2v) is 6.27. The zero-order valence-electron chi connectivity index (χ0n) is 14.2. The Morgan fingerprint density at radius 1 is 1.38 bits per heavy atom. The number of hydrogen-bond donors (Lipinski definition) is 3. The molecule has 0 fully saturated rings. The summed E-state index contributed by atoms with van der Waals surface area (Å²) in [6.07, 6.45) is 3.58. The lowest BCUT2D eigenvalue weighted by atomic mass is 10.1. The predicted molar refractivity (Wildman–Crippen MR) is 93.0 cm³/mol. The Balaban J connectivity index is 1.43. The summed E-state index contributed by atoms with van der Waals surface area (Å²) >= 11 is 0. The topological polar surface area (TPSA) is 85.9 Å². The highest BCUT2D eigenvalue weighted by molar-refractivity contribution is 5.94. The van der Waals surface area contributed by atoms with Crippen molar-refractivity contribution in [3.63, 3.8) is 0 Å². The van der Waals surface area contributed by atoms with Gasteiger partial charge >= 0.3 is 0 Å². The molecule has 0 atom stereocenters. The molecule has 3 rings (SSSR count). The quantitative estimate of drug-likeness (QED) is 0.697. The number of aryl methyl sites for hydroxylation is 1. The molecule has 1 aliphatic rings. The number of pyridine rings is 1. The van der Waals surface area contributed by atoms with Crippen LogP contribution in [0.15, 0.2) is 18.3 Å². The van der Waals surface area contributed by atoms with Crippen molar-refractivity contribution in [1.82, 2.24) is 25.4 Å². The second-order valence-electron chi connectivity index (χ2n) is 6.27. The summed E-state index contributed by atoms with van der Waals surface area (Å²) in [5.41, 5.74) is 3.79. The molecule has 2 aromatic rings. The first kappa shape index (κ1) is 16.4. The molecule has 3 heterocycles. The van der Waals surface area contributed by atoms with E-state index in [0.29, 0.717) is 12.2 Å². The maximum absolute atomic E-state index is 12.3. The number of aromatic nitrogens is 3. The first-order chi connectivity index (χ1) is 11.6. The first-order valence-corrected chi connectivity index (χ1v) is 8.33. The van der Waals surface area contributed by atoms with Crippen LogP contribution in [0.3, 0.4) is 0 Å². The normalized spacial score (nSPS) is 14.2. The highest BCUT2D eigenvalue weighted by Crippen LogP contribution is 2.19. The minimum atomic E-state index is -0.101. The molecule has 7 heteroatoms. The van der Waals surface area contributed by atoms with Crippen LogP contribution in [0, 0.1) is 6.92 Å². The average Bonchev–Trinajstić information content (AvgIpc) is 2.99. The van der Waals surface area contributed by atoms with Crippen LogP contribution in [-0.2, 0) is 13.0 Å². The van der Waals surface area contributed by atoms with Gasteiger partial charge in [0.15, 0.2) is 5.69 Å². The van der Waals surface area contributed by atoms with Crippen LogP contribution in [0.25, 0.3) is 0 Å². The summed E-state index contributed by atoms with van der Waals surface area (Å²) in [7, 11) is 2.06. The van der Waals surface area contributed by atoms with Crippen molar-refractivity contribution in [3.05, 3.63) is 40.8 Å². The van der Waals surface area contributed by atoms with Crippen molar-refractivity contribution >= 4 is 11.7 Å². The molecule has 0 aromatic carbocycles. The summed E-state index contributed by atoms with van der Waals surface area (Å²) in [5, 5.41) is 13.4. The van der Waals surface area contributed by atoms with Gasteiger partial charge in [0.05, 0.1) is 0 Å². The van der Waals surface area contributed by atoms with Crippen LogP contribution < -0.4 is 10.6 Å². The van der Waals surface area contributed by atoms with Crippen LogP contribution in [0.1, 0.15) is 33.7 Å². The minimum Gasteiger partial charge on any atom is -0.370 e. The maximum atomic E-state index is 12.3. The lowest BCUT2D eigenvalue weighted by molar-refractivity contribution is 0.0946. The number of carbonyl (C=O) groups excluding carboxylic acids is 1. The lowest BCUT2D eigenvalue weighted by Crippen LogP contribution is -2.30. The van der Waals surface area contributed by atoms with E-state index >= 15 is 0 Å². The Kier molecular flexibility index (Phi) is 5.10. The molecule has 0 radical (unpaired) electrons. The molecular weight excluding hydrogens is 304 g/mol. The zero-order valence-corrected chi connectivity index (χ0v) is 14.2. The van der Waals surface area contributed by atoms with Crippen molar-refractivity contribution in [2.45, 2.75) is 26.3 Å². The van der Waals surface area contributed by atoms with Crippen LogP contribution >= 0.6 is 0 Å². The van der Waals surface area contributed by atoms with E-state index in [4.69, 9.17) is 0 Å². The Labute approximate surface area is 141 Å². The van der Waals surface area contributed by atoms with Gasteiger partial charge in [-0.15, -0.1) is 0 Å². The van der Waals surface area contributed by atoms with Crippen molar-refractivity contribution < 1.29 is 4.79 Å². The third-order valence-electron chi connectivity index (χ3n) is 4.20. The van der Waals surface area contributed by atoms with E-state index in [9.17, 15) is 4.79 Å². The number of amides is 1. The van der Waals surface area contributed by atoms with E-state index in [1.807, 2.05) is 25.3 Å². The molecule has 0 bridgehead atoms.